The standard InChI is InChI=1S/C17H24N4O/c1-20(11-14-9-6-10-15(14)22)12-16-18-19-17(21(16)2)13-7-4-3-5-8-13/h3-5,7-8,14-15,22H,6,9-12H2,1-2H3. The quantitative estimate of drug-likeness (QED) is 0.918. The predicted octanol–water partition coefficient (Wildman–Crippen LogP) is 2.07. The minimum Gasteiger partial charge on any atom is -0.393 e. The molecule has 2 aromatic rings. The third-order valence-electron chi connectivity index (χ3n) is 4.57. The molecule has 22 heavy (non-hydrogen) atoms. The van der Waals surface area contributed by atoms with E-state index in [0.717, 1.165) is 49.6 Å². The number of benzene rings is 1. The zero-order valence-corrected chi connectivity index (χ0v) is 13.3. The van der Waals surface area contributed by atoms with Gasteiger partial charge in [0.15, 0.2) is 5.82 Å². The molecule has 1 saturated carbocycles. The summed E-state index contributed by atoms with van der Waals surface area (Å²) in [6, 6.07) is 10.1. The van der Waals surface area contributed by atoms with E-state index in [9.17, 15) is 5.11 Å². The van der Waals surface area contributed by atoms with E-state index in [-0.39, 0.29) is 6.10 Å². The van der Waals surface area contributed by atoms with Crippen molar-refractivity contribution in [2.75, 3.05) is 13.6 Å². The number of rotatable bonds is 5. The fraction of sp³-hybridized carbons (Fsp3) is 0.529. The van der Waals surface area contributed by atoms with Crippen LogP contribution >= 0.6 is 0 Å². The highest BCUT2D eigenvalue weighted by molar-refractivity contribution is 5.54. The van der Waals surface area contributed by atoms with Crippen molar-refractivity contribution in [2.24, 2.45) is 13.0 Å². The lowest BCUT2D eigenvalue weighted by Crippen LogP contribution is -2.30. The number of aliphatic hydroxyl groups excluding tert-OH is 1. The molecule has 1 aromatic heterocycles. The van der Waals surface area contributed by atoms with Crippen molar-refractivity contribution >= 4 is 0 Å². The summed E-state index contributed by atoms with van der Waals surface area (Å²) in [5.74, 6) is 2.24. The Hall–Kier alpha value is -1.72. The molecular formula is C17H24N4O. The van der Waals surface area contributed by atoms with E-state index in [0.29, 0.717) is 5.92 Å². The lowest BCUT2D eigenvalue weighted by Gasteiger charge is -2.22. The number of hydrogen-bond acceptors (Lipinski definition) is 4. The Balaban J connectivity index is 1.67. The van der Waals surface area contributed by atoms with Crippen LogP contribution in [0.2, 0.25) is 0 Å². The normalized spacial score (nSPS) is 21.6. The summed E-state index contributed by atoms with van der Waals surface area (Å²) in [7, 11) is 4.10. The summed E-state index contributed by atoms with van der Waals surface area (Å²) in [4.78, 5) is 2.23. The Morgan fingerprint density at radius 1 is 1.23 bits per heavy atom. The first kappa shape index (κ1) is 15.2. The molecule has 0 amide bonds. The molecule has 1 N–H and O–H groups in total. The van der Waals surface area contributed by atoms with Crippen LogP contribution < -0.4 is 0 Å². The third-order valence-corrected chi connectivity index (χ3v) is 4.57. The van der Waals surface area contributed by atoms with Gasteiger partial charge in [-0.05, 0) is 25.8 Å². The molecule has 1 aliphatic rings. The summed E-state index contributed by atoms with van der Waals surface area (Å²) in [5, 5.41) is 18.6. The van der Waals surface area contributed by atoms with E-state index < -0.39 is 0 Å². The van der Waals surface area contributed by atoms with E-state index in [2.05, 4.69) is 26.7 Å². The van der Waals surface area contributed by atoms with Gasteiger partial charge in [0.25, 0.3) is 0 Å². The first-order chi connectivity index (χ1) is 10.6. The van der Waals surface area contributed by atoms with Crippen LogP contribution in [0.25, 0.3) is 11.4 Å². The zero-order valence-electron chi connectivity index (χ0n) is 13.3. The minimum absolute atomic E-state index is 0.137. The monoisotopic (exact) mass is 300 g/mol. The molecule has 0 bridgehead atoms. The van der Waals surface area contributed by atoms with Crippen molar-refractivity contribution in [3.8, 4) is 11.4 Å². The maximum atomic E-state index is 9.95. The molecule has 3 rings (SSSR count). The van der Waals surface area contributed by atoms with Crippen molar-refractivity contribution in [2.45, 2.75) is 31.9 Å². The molecule has 1 aromatic carbocycles. The molecule has 0 radical (unpaired) electrons. The van der Waals surface area contributed by atoms with E-state index in [4.69, 9.17) is 0 Å². The first-order valence-electron chi connectivity index (χ1n) is 7.95. The van der Waals surface area contributed by atoms with Gasteiger partial charge < -0.3 is 9.67 Å². The molecule has 118 valence electrons. The van der Waals surface area contributed by atoms with E-state index >= 15 is 0 Å². The highest BCUT2D eigenvalue weighted by atomic mass is 16.3. The SMILES string of the molecule is CN(Cc1nnc(-c2ccccc2)n1C)CC1CCCC1O. The highest BCUT2D eigenvalue weighted by Crippen LogP contribution is 2.26. The Morgan fingerprint density at radius 2 is 2.00 bits per heavy atom. The number of aliphatic hydroxyl groups is 1. The van der Waals surface area contributed by atoms with Gasteiger partial charge in [-0.3, -0.25) is 4.90 Å². The largest absolute Gasteiger partial charge is 0.393 e. The number of aromatic nitrogens is 3. The third kappa shape index (κ3) is 3.20. The van der Waals surface area contributed by atoms with Gasteiger partial charge in [0.2, 0.25) is 0 Å². The lowest BCUT2D eigenvalue weighted by molar-refractivity contribution is 0.107. The van der Waals surface area contributed by atoms with Crippen LogP contribution in [0.5, 0.6) is 0 Å². The molecule has 5 nitrogen and oxygen atoms in total. The van der Waals surface area contributed by atoms with Crippen molar-refractivity contribution in [3.05, 3.63) is 36.2 Å². The molecule has 2 atom stereocenters. The average molecular weight is 300 g/mol. The van der Waals surface area contributed by atoms with Crippen LogP contribution in [0.1, 0.15) is 25.1 Å². The summed E-state index contributed by atoms with van der Waals surface area (Å²) in [6.45, 7) is 1.66. The van der Waals surface area contributed by atoms with Gasteiger partial charge >= 0.3 is 0 Å². The van der Waals surface area contributed by atoms with Crippen molar-refractivity contribution in [1.29, 1.82) is 0 Å². The minimum atomic E-state index is -0.137. The van der Waals surface area contributed by atoms with E-state index in [1.165, 1.54) is 0 Å². The van der Waals surface area contributed by atoms with Crippen LogP contribution in [-0.4, -0.2) is 44.5 Å². The fourth-order valence-corrected chi connectivity index (χ4v) is 3.27. The molecule has 0 aliphatic heterocycles. The van der Waals surface area contributed by atoms with E-state index in [1.54, 1.807) is 0 Å². The van der Waals surface area contributed by atoms with Gasteiger partial charge in [-0.2, -0.15) is 0 Å². The Labute approximate surface area is 131 Å². The molecule has 1 fully saturated rings. The Bertz CT molecular complexity index is 610. The number of hydrogen-bond donors (Lipinski definition) is 1. The first-order valence-corrected chi connectivity index (χ1v) is 7.95. The maximum absolute atomic E-state index is 9.95. The molecule has 5 heteroatoms. The van der Waals surface area contributed by atoms with Gasteiger partial charge in [-0.25, -0.2) is 0 Å². The summed E-state index contributed by atoms with van der Waals surface area (Å²) >= 11 is 0. The van der Waals surface area contributed by atoms with Crippen molar-refractivity contribution < 1.29 is 5.11 Å². The molecule has 0 saturated heterocycles. The second-order valence-corrected chi connectivity index (χ2v) is 6.32. The van der Waals surface area contributed by atoms with Crippen molar-refractivity contribution in [1.82, 2.24) is 19.7 Å². The fourth-order valence-electron chi connectivity index (χ4n) is 3.27. The van der Waals surface area contributed by atoms with Crippen LogP contribution in [0.4, 0.5) is 0 Å². The summed E-state index contributed by atoms with van der Waals surface area (Å²) in [6.07, 6.45) is 3.07. The molecule has 2 unspecified atom stereocenters. The summed E-state index contributed by atoms with van der Waals surface area (Å²) in [5.41, 5.74) is 1.08. The van der Waals surface area contributed by atoms with Gasteiger partial charge in [0, 0.05) is 19.2 Å². The molecule has 1 aliphatic carbocycles. The van der Waals surface area contributed by atoms with E-state index in [1.807, 2.05) is 37.4 Å². The predicted molar refractivity (Wildman–Crippen MR) is 86.1 cm³/mol. The lowest BCUT2D eigenvalue weighted by atomic mass is 10.1. The smallest absolute Gasteiger partial charge is 0.163 e. The van der Waals surface area contributed by atoms with Crippen LogP contribution in [0, 0.1) is 5.92 Å². The Morgan fingerprint density at radius 3 is 2.68 bits per heavy atom. The second-order valence-electron chi connectivity index (χ2n) is 6.32. The van der Waals surface area contributed by atoms with Crippen LogP contribution in [0.3, 0.4) is 0 Å². The zero-order chi connectivity index (χ0) is 15.5. The molecular weight excluding hydrogens is 276 g/mol. The van der Waals surface area contributed by atoms with Gasteiger partial charge in [-0.1, -0.05) is 36.8 Å². The molecule has 0 spiro atoms. The Kier molecular flexibility index (Phi) is 4.55. The van der Waals surface area contributed by atoms with Crippen LogP contribution in [0.15, 0.2) is 30.3 Å². The molecule has 1 heterocycles. The van der Waals surface area contributed by atoms with Gasteiger partial charge in [-0.15, -0.1) is 10.2 Å². The average Bonchev–Trinajstić information content (AvgIpc) is 3.07. The van der Waals surface area contributed by atoms with Crippen LogP contribution in [-0.2, 0) is 13.6 Å². The van der Waals surface area contributed by atoms with Gasteiger partial charge in [0.05, 0.1) is 12.6 Å². The maximum Gasteiger partial charge on any atom is 0.163 e. The second kappa shape index (κ2) is 6.58. The van der Waals surface area contributed by atoms with Gasteiger partial charge in [0.1, 0.15) is 5.82 Å². The topological polar surface area (TPSA) is 54.2 Å². The highest BCUT2D eigenvalue weighted by Gasteiger charge is 2.26. The summed E-state index contributed by atoms with van der Waals surface area (Å²) < 4.78 is 2.05. The number of nitrogens with zero attached hydrogens (tertiary/aromatic N) is 4. The van der Waals surface area contributed by atoms with Crippen molar-refractivity contribution in [3.63, 3.8) is 0 Å².